The van der Waals surface area contributed by atoms with E-state index in [2.05, 4.69) is 10.6 Å². The Bertz CT molecular complexity index is 2090. The highest BCUT2D eigenvalue weighted by molar-refractivity contribution is 7.90. The predicted octanol–water partition coefficient (Wildman–Crippen LogP) is 3.61. The summed E-state index contributed by atoms with van der Waals surface area (Å²) in [5.74, 6) is -4.65. The molecule has 0 unspecified atom stereocenters. The Hall–Kier alpha value is -5.65. The van der Waals surface area contributed by atoms with Crippen LogP contribution in [0.1, 0.15) is 87.2 Å². The molecule has 3 heterocycles. The van der Waals surface area contributed by atoms with Crippen LogP contribution in [0.2, 0.25) is 0 Å². The zero-order valence-electron chi connectivity index (χ0n) is 32.8. The minimum atomic E-state index is -4.67. The second-order valence-corrected chi connectivity index (χ2v) is 17.7. The van der Waals surface area contributed by atoms with Crippen molar-refractivity contribution < 1.29 is 56.5 Å². The number of allylic oxidation sites excluding steroid dienone is 1. The van der Waals surface area contributed by atoms with Crippen molar-refractivity contribution in [1.82, 2.24) is 25.2 Å². The van der Waals surface area contributed by atoms with Gasteiger partial charge in [0, 0.05) is 25.4 Å². The van der Waals surface area contributed by atoms with E-state index in [4.69, 9.17) is 14.2 Å². The SMILES string of the molecule is COc1ccc(S(=O)(=O)NC(=O)[C@@]23C[C@H]2/C=C/CCCCC[C@H](NC(=O)OC(C)(C)C)C(=O)N2C[C@H](OC(=O)N4Cc5ccccc5C4)C[C@H]2C(=O)N3)cc1C(=O)O. The molecule has 2 aromatic carbocycles. The standard InChI is InChI=1S/C40H49N5O12S/c1-39(2,3)57-37(51)41-30-15-9-7-5-6-8-14-26-20-40(26,36(50)43-58(53,54)28-16-17-32(55-4)29(19-28)35(48)49)42-33(46)31-18-27(23-45(31)34(30)47)56-38(52)44-21-24-12-10-11-13-25(24)22-44/h8,10-14,16-17,19,26-27,30-31H,5-7,9,15,18,20-23H2,1-4H3,(H,41,51)(H,42,46)(H,43,50)(H,48,49)/b14-8+/t26-,27-,30+,31+,40-/m1/s1. The summed E-state index contributed by atoms with van der Waals surface area (Å²) in [6, 6.07) is 8.28. The van der Waals surface area contributed by atoms with Crippen LogP contribution < -0.4 is 20.1 Å². The van der Waals surface area contributed by atoms with Crippen LogP contribution in [0.25, 0.3) is 0 Å². The van der Waals surface area contributed by atoms with Gasteiger partial charge in [0.05, 0.1) is 18.6 Å². The molecule has 5 atom stereocenters. The van der Waals surface area contributed by atoms with Crippen molar-refractivity contribution in [1.29, 1.82) is 0 Å². The smallest absolute Gasteiger partial charge is 0.410 e. The number of alkyl carbamates (subject to hydrolysis) is 1. The van der Waals surface area contributed by atoms with Crippen molar-refractivity contribution in [3.05, 3.63) is 71.3 Å². The molecule has 4 N–H and O–H groups in total. The first kappa shape index (κ1) is 42.0. The summed E-state index contributed by atoms with van der Waals surface area (Å²) in [5, 5.41) is 15.0. The summed E-state index contributed by atoms with van der Waals surface area (Å²) < 4.78 is 45.4. The molecule has 3 aliphatic heterocycles. The van der Waals surface area contributed by atoms with Crippen molar-refractivity contribution in [3.63, 3.8) is 0 Å². The number of carbonyl (C=O) groups is 6. The molecule has 0 spiro atoms. The van der Waals surface area contributed by atoms with Gasteiger partial charge in [-0.15, -0.1) is 0 Å². The third-order valence-electron chi connectivity index (χ3n) is 10.6. The molecule has 5 amide bonds. The van der Waals surface area contributed by atoms with E-state index in [1.807, 2.05) is 35.1 Å². The maximum Gasteiger partial charge on any atom is 0.410 e. The van der Waals surface area contributed by atoms with E-state index < -0.39 is 91.6 Å². The molecule has 18 heteroatoms. The minimum Gasteiger partial charge on any atom is -0.496 e. The number of sulfonamides is 1. The maximum absolute atomic E-state index is 14.4. The zero-order valence-corrected chi connectivity index (χ0v) is 33.6. The summed E-state index contributed by atoms with van der Waals surface area (Å²) in [5.41, 5.74) is -1.13. The lowest BCUT2D eigenvalue weighted by Gasteiger charge is -2.30. The van der Waals surface area contributed by atoms with Gasteiger partial charge in [0.2, 0.25) is 11.8 Å². The molecule has 1 saturated heterocycles. The molecule has 6 rings (SSSR count). The number of carboxylic acids is 1. The first-order valence-corrected chi connectivity index (χ1v) is 20.7. The highest BCUT2D eigenvalue weighted by Crippen LogP contribution is 2.46. The number of carbonyl (C=O) groups excluding carboxylic acids is 5. The molecular weight excluding hydrogens is 775 g/mol. The van der Waals surface area contributed by atoms with Gasteiger partial charge < -0.3 is 34.9 Å². The van der Waals surface area contributed by atoms with Crippen molar-refractivity contribution in [2.24, 2.45) is 5.92 Å². The number of rotatable bonds is 7. The van der Waals surface area contributed by atoms with E-state index in [0.717, 1.165) is 29.3 Å². The molecule has 17 nitrogen and oxygen atoms in total. The summed E-state index contributed by atoms with van der Waals surface area (Å²) >= 11 is 0. The number of methoxy groups -OCH3 is 1. The Kier molecular flexibility index (Phi) is 12.1. The van der Waals surface area contributed by atoms with Gasteiger partial charge in [-0.2, -0.15) is 0 Å². The molecule has 1 aliphatic carbocycles. The summed E-state index contributed by atoms with van der Waals surface area (Å²) in [4.78, 5) is 83.3. The minimum absolute atomic E-state index is 0.0248. The van der Waals surface area contributed by atoms with Crippen molar-refractivity contribution in [3.8, 4) is 5.75 Å². The second kappa shape index (κ2) is 16.7. The molecule has 4 aliphatic rings. The highest BCUT2D eigenvalue weighted by atomic mass is 32.2. The van der Waals surface area contributed by atoms with Gasteiger partial charge in [-0.25, -0.2) is 27.5 Å². The van der Waals surface area contributed by atoms with E-state index in [1.54, 1.807) is 26.8 Å². The first-order valence-electron chi connectivity index (χ1n) is 19.2. The number of hydrogen-bond donors (Lipinski definition) is 4. The van der Waals surface area contributed by atoms with Crippen LogP contribution in [-0.2, 0) is 47.0 Å². The van der Waals surface area contributed by atoms with E-state index >= 15 is 0 Å². The van der Waals surface area contributed by atoms with Crippen LogP contribution in [-0.4, -0.2) is 102 Å². The summed E-state index contributed by atoms with van der Waals surface area (Å²) in [6.07, 6.45) is 3.78. The quantitative estimate of drug-likeness (QED) is 0.294. The van der Waals surface area contributed by atoms with Crippen LogP contribution in [0.5, 0.6) is 5.75 Å². The average molecular weight is 824 g/mol. The van der Waals surface area contributed by atoms with E-state index in [-0.39, 0.29) is 31.6 Å². The molecule has 2 fully saturated rings. The number of amides is 5. The molecule has 1 saturated carbocycles. The predicted molar refractivity (Wildman–Crippen MR) is 206 cm³/mol. The summed E-state index contributed by atoms with van der Waals surface area (Å²) in [7, 11) is -3.44. The normalized spacial score (nSPS) is 25.4. The van der Waals surface area contributed by atoms with Gasteiger partial charge in [0.1, 0.15) is 40.6 Å². The van der Waals surface area contributed by atoms with Gasteiger partial charge in [0.25, 0.3) is 15.9 Å². The fourth-order valence-corrected chi connectivity index (χ4v) is 8.65. The topological polar surface area (TPSA) is 227 Å². The maximum atomic E-state index is 14.4. The molecule has 2 aromatic rings. The number of nitrogens with one attached hydrogen (secondary N) is 3. The fourth-order valence-electron chi connectivity index (χ4n) is 7.59. The van der Waals surface area contributed by atoms with E-state index in [1.165, 1.54) is 16.9 Å². The largest absolute Gasteiger partial charge is 0.496 e. The van der Waals surface area contributed by atoms with Crippen LogP contribution >= 0.6 is 0 Å². The third-order valence-corrected chi connectivity index (χ3v) is 12.0. The number of fused-ring (bicyclic) bond motifs is 3. The monoisotopic (exact) mass is 823 g/mol. The van der Waals surface area contributed by atoms with Crippen molar-refractivity contribution in [2.45, 2.75) is 113 Å². The lowest BCUT2D eigenvalue weighted by atomic mass is 10.0. The molecule has 58 heavy (non-hydrogen) atoms. The van der Waals surface area contributed by atoms with Gasteiger partial charge in [-0.3, -0.25) is 19.3 Å². The van der Waals surface area contributed by atoms with Gasteiger partial charge >= 0.3 is 18.2 Å². The second-order valence-electron chi connectivity index (χ2n) is 16.0. The van der Waals surface area contributed by atoms with Gasteiger partial charge in [0.15, 0.2) is 0 Å². The van der Waals surface area contributed by atoms with Gasteiger partial charge in [-0.1, -0.05) is 49.3 Å². The fraction of sp³-hybridized carbons (Fsp3) is 0.500. The Labute approximate surface area is 336 Å². The molecule has 0 radical (unpaired) electrons. The number of ether oxygens (including phenoxy) is 3. The number of benzene rings is 2. The van der Waals surface area contributed by atoms with Crippen molar-refractivity contribution >= 4 is 45.9 Å². The average Bonchev–Trinajstić information content (AvgIpc) is 3.45. The van der Waals surface area contributed by atoms with Crippen LogP contribution in [0.15, 0.2) is 59.5 Å². The van der Waals surface area contributed by atoms with Crippen LogP contribution in [0.3, 0.4) is 0 Å². The Morgan fingerprint density at radius 2 is 1.71 bits per heavy atom. The van der Waals surface area contributed by atoms with Crippen LogP contribution in [0.4, 0.5) is 9.59 Å². The molecule has 0 bridgehead atoms. The van der Waals surface area contributed by atoms with Gasteiger partial charge in [-0.05, 0) is 75.8 Å². The summed E-state index contributed by atoms with van der Waals surface area (Å²) in [6.45, 7) is 5.49. The van der Waals surface area contributed by atoms with E-state index in [9.17, 15) is 42.3 Å². The number of aromatic carboxylic acids is 1. The molecule has 312 valence electrons. The van der Waals surface area contributed by atoms with Crippen LogP contribution in [0, 0.1) is 5.92 Å². The third kappa shape index (κ3) is 9.38. The first-order chi connectivity index (χ1) is 27.4. The van der Waals surface area contributed by atoms with Crippen molar-refractivity contribution in [2.75, 3.05) is 13.7 Å². The number of carboxylic acid groups (broad SMARTS) is 1. The highest BCUT2D eigenvalue weighted by Gasteiger charge is 2.62. The number of hydrogen-bond acceptors (Lipinski definition) is 11. The lowest BCUT2D eigenvalue weighted by molar-refractivity contribution is -0.141. The Morgan fingerprint density at radius 3 is 2.36 bits per heavy atom. The Morgan fingerprint density at radius 1 is 1.00 bits per heavy atom. The van der Waals surface area contributed by atoms with E-state index in [0.29, 0.717) is 38.8 Å². The molecule has 0 aromatic heterocycles. The zero-order chi connectivity index (χ0) is 42.0. The number of nitrogens with zero attached hydrogens (tertiary/aromatic N) is 2. The lowest BCUT2D eigenvalue weighted by Crippen LogP contribution is -2.58. The Balaban J connectivity index is 1.27. The molecular formula is C40H49N5O12S.